The zero-order valence-electron chi connectivity index (χ0n) is 32.7. The molecule has 0 aliphatic carbocycles. The fraction of sp³-hybridized carbons (Fsp3) is 0.829. The maximum atomic E-state index is 12.4. The molecule has 0 rings (SSSR count). The molecule has 0 aliphatic heterocycles. The van der Waals surface area contributed by atoms with Gasteiger partial charge in [-0.25, -0.2) is 4.57 Å². The van der Waals surface area contributed by atoms with Crippen molar-refractivity contribution in [3.8, 4) is 0 Å². The third-order valence-corrected chi connectivity index (χ3v) is 9.36. The van der Waals surface area contributed by atoms with Gasteiger partial charge in [-0.3, -0.25) is 18.9 Å². The van der Waals surface area contributed by atoms with Crippen LogP contribution in [0.15, 0.2) is 24.3 Å². The molecule has 298 valence electrons. The maximum absolute atomic E-state index is 12.4. The zero-order chi connectivity index (χ0) is 37.8. The number of allylic oxidation sites excluding steroid dienone is 4. The van der Waals surface area contributed by atoms with E-state index in [0.29, 0.717) is 19.3 Å². The van der Waals surface area contributed by atoms with E-state index in [9.17, 15) is 18.9 Å². The van der Waals surface area contributed by atoms with Crippen LogP contribution in [0.25, 0.3) is 0 Å². The largest absolute Gasteiger partial charge is 0.469 e. The highest BCUT2D eigenvalue weighted by Crippen LogP contribution is 2.36. The first kappa shape index (κ1) is 49.2. The van der Waals surface area contributed by atoms with Crippen molar-refractivity contribution in [1.82, 2.24) is 0 Å². The summed E-state index contributed by atoms with van der Waals surface area (Å²) >= 11 is 0. The number of phosphoric ester groups is 1. The smallest absolute Gasteiger partial charge is 0.462 e. The number of ketones is 1. The monoisotopic (exact) mass is 743 g/mol. The van der Waals surface area contributed by atoms with Crippen molar-refractivity contribution in [3.05, 3.63) is 24.3 Å². The van der Waals surface area contributed by atoms with Gasteiger partial charge in [-0.1, -0.05) is 161 Å². The summed E-state index contributed by atoms with van der Waals surface area (Å²) in [7, 11) is -4.78. The van der Waals surface area contributed by atoms with Crippen LogP contribution in [0.5, 0.6) is 0 Å². The first-order valence-corrected chi connectivity index (χ1v) is 22.0. The zero-order valence-corrected chi connectivity index (χ0v) is 33.6. The van der Waals surface area contributed by atoms with Gasteiger partial charge in [0.05, 0.1) is 6.61 Å². The van der Waals surface area contributed by atoms with Gasteiger partial charge >= 0.3 is 19.8 Å². The van der Waals surface area contributed by atoms with E-state index in [1.807, 2.05) is 12.2 Å². The molecule has 10 heteroatoms. The second-order valence-corrected chi connectivity index (χ2v) is 15.7. The lowest BCUT2D eigenvalue weighted by Gasteiger charge is -2.18. The molecule has 0 aromatic carbocycles. The number of phosphoric acid groups is 1. The molecule has 9 nitrogen and oxygen atoms in total. The average Bonchev–Trinajstić information content (AvgIpc) is 3.07. The summed E-state index contributed by atoms with van der Waals surface area (Å²) in [5, 5.41) is 0. The second kappa shape index (κ2) is 35.2. The van der Waals surface area contributed by atoms with E-state index in [1.54, 1.807) is 6.08 Å². The molecule has 0 radical (unpaired) electrons. The first-order valence-electron chi connectivity index (χ1n) is 20.4. The van der Waals surface area contributed by atoms with E-state index < -0.39 is 32.5 Å². The number of hydrogen-bond donors (Lipinski definition) is 2. The second-order valence-electron chi connectivity index (χ2n) is 14.5. The Labute approximate surface area is 311 Å². The van der Waals surface area contributed by atoms with E-state index in [4.69, 9.17) is 19.3 Å². The van der Waals surface area contributed by atoms with Crippen molar-refractivity contribution < 1.29 is 42.7 Å². The standard InChI is InChI=1S/C41H75O9P/c1-4-5-6-7-16-21-26-31-38(42)32-27-22-19-24-28-33-40(43)48-35-39(36-49-51(45,46)47)50-41(44)34-29-23-18-15-13-11-9-8-10-12-14-17-20-25-30-37(2)3/h16,21,26,31,37,39H,4-15,17-20,22-25,27-30,32-36H2,1-3H3,(H2,45,46,47)/b21-16-,31-26+/t39-/m1/s1. The number of rotatable bonds is 37. The minimum absolute atomic E-state index is 0.120. The van der Waals surface area contributed by atoms with E-state index in [1.165, 1.54) is 89.9 Å². The number of hydrogen-bond acceptors (Lipinski definition) is 7. The molecule has 0 aromatic rings. The van der Waals surface area contributed by atoms with Crippen LogP contribution in [0.2, 0.25) is 0 Å². The number of unbranched alkanes of at least 4 members (excludes halogenated alkanes) is 20. The fourth-order valence-corrected chi connectivity index (χ4v) is 6.14. The van der Waals surface area contributed by atoms with Crippen molar-refractivity contribution in [3.63, 3.8) is 0 Å². The normalized spacial score (nSPS) is 12.7. The molecule has 2 N–H and O–H groups in total. The summed E-state index contributed by atoms with van der Waals surface area (Å²) in [6.07, 6.45) is 34.4. The molecule has 0 spiro atoms. The molecule has 0 aromatic heterocycles. The lowest BCUT2D eigenvalue weighted by molar-refractivity contribution is -0.161. The van der Waals surface area contributed by atoms with Gasteiger partial charge in [0.1, 0.15) is 6.61 Å². The highest BCUT2D eigenvalue weighted by molar-refractivity contribution is 7.46. The van der Waals surface area contributed by atoms with Gasteiger partial charge in [-0.2, -0.15) is 0 Å². The summed E-state index contributed by atoms with van der Waals surface area (Å²) in [5.41, 5.74) is 0. The summed E-state index contributed by atoms with van der Waals surface area (Å²) in [6, 6.07) is 0. The Morgan fingerprint density at radius 3 is 1.61 bits per heavy atom. The molecule has 1 atom stereocenters. The molecule has 0 heterocycles. The number of carbonyl (C=O) groups excluding carboxylic acids is 3. The van der Waals surface area contributed by atoms with Crippen molar-refractivity contribution in [2.75, 3.05) is 13.2 Å². The molecular weight excluding hydrogens is 667 g/mol. The van der Waals surface area contributed by atoms with Gasteiger partial charge in [-0.05, 0) is 44.1 Å². The molecule has 0 aliphatic rings. The van der Waals surface area contributed by atoms with E-state index >= 15 is 0 Å². The van der Waals surface area contributed by atoms with Crippen LogP contribution in [0, 0.1) is 5.92 Å². The Morgan fingerprint density at radius 1 is 0.608 bits per heavy atom. The Kier molecular flexibility index (Phi) is 34.0. The highest BCUT2D eigenvalue weighted by Gasteiger charge is 2.23. The topological polar surface area (TPSA) is 136 Å². The minimum atomic E-state index is -4.78. The highest BCUT2D eigenvalue weighted by atomic mass is 31.2. The fourth-order valence-electron chi connectivity index (χ4n) is 5.77. The number of ether oxygens (including phenoxy) is 2. The minimum Gasteiger partial charge on any atom is -0.462 e. The molecule has 0 saturated heterocycles. The summed E-state index contributed by atoms with van der Waals surface area (Å²) < 4.78 is 26.3. The number of carbonyl (C=O) groups is 3. The Hall–Kier alpha value is -1.80. The third-order valence-electron chi connectivity index (χ3n) is 8.88. The van der Waals surface area contributed by atoms with Gasteiger partial charge < -0.3 is 19.3 Å². The lowest BCUT2D eigenvalue weighted by atomic mass is 10.0. The maximum Gasteiger partial charge on any atom is 0.469 e. The van der Waals surface area contributed by atoms with Crippen LogP contribution in [-0.2, 0) is 32.9 Å². The molecule has 0 unspecified atom stereocenters. The molecule has 0 saturated carbocycles. The van der Waals surface area contributed by atoms with Gasteiger partial charge in [-0.15, -0.1) is 0 Å². The predicted molar refractivity (Wildman–Crippen MR) is 207 cm³/mol. The van der Waals surface area contributed by atoms with Crippen LogP contribution in [0.1, 0.15) is 194 Å². The summed E-state index contributed by atoms with van der Waals surface area (Å²) in [6.45, 7) is 5.87. The number of esters is 2. The van der Waals surface area contributed by atoms with Gasteiger partial charge in [0.15, 0.2) is 11.9 Å². The van der Waals surface area contributed by atoms with E-state index in [0.717, 1.165) is 57.3 Å². The summed E-state index contributed by atoms with van der Waals surface area (Å²) in [5.74, 6) is -0.0280. The Balaban J connectivity index is 3.99. The van der Waals surface area contributed by atoms with Crippen LogP contribution >= 0.6 is 7.82 Å². The molecule has 51 heavy (non-hydrogen) atoms. The van der Waals surface area contributed by atoms with Crippen LogP contribution in [0.3, 0.4) is 0 Å². The molecule has 0 bridgehead atoms. The average molecular weight is 743 g/mol. The molecule has 0 amide bonds. The Bertz CT molecular complexity index is 957. The van der Waals surface area contributed by atoms with Gasteiger partial charge in [0.25, 0.3) is 0 Å². The Morgan fingerprint density at radius 2 is 1.10 bits per heavy atom. The van der Waals surface area contributed by atoms with E-state index in [-0.39, 0.29) is 25.2 Å². The van der Waals surface area contributed by atoms with Crippen molar-refractivity contribution >= 4 is 25.5 Å². The SMILES string of the molecule is CCCCC/C=C\C=C\C(=O)CCCCCCCC(=O)OC[C@H](COP(=O)(O)O)OC(=O)CCCCCCCCCCCCCCCCC(C)C. The van der Waals surface area contributed by atoms with Crippen molar-refractivity contribution in [2.45, 2.75) is 200 Å². The molecular formula is C41H75O9P. The van der Waals surface area contributed by atoms with Crippen LogP contribution < -0.4 is 0 Å². The van der Waals surface area contributed by atoms with Crippen LogP contribution in [0.4, 0.5) is 0 Å². The third kappa shape index (κ3) is 39.2. The van der Waals surface area contributed by atoms with Crippen molar-refractivity contribution in [2.24, 2.45) is 5.92 Å². The van der Waals surface area contributed by atoms with Gasteiger partial charge in [0, 0.05) is 19.3 Å². The van der Waals surface area contributed by atoms with Gasteiger partial charge in [0.2, 0.25) is 0 Å². The van der Waals surface area contributed by atoms with E-state index in [2.05, 4.69) is 31.4 Å². The predicted octanol–water partition coefficient (Wildman–Crippen LogP) is 11.4. The lowest BCUT2D eigenvalue weighted by Crippen LogP contribution is -2.29. The summed E-state index contributed by atoms with van der Waals surface area (Å²) in [4.78, 5) is 54.8. The van der Waals surface area contributed by atoms with Crippen molar-refractivity contribution in [1.29, 1.82) is 0 Å². The molecule has 0 fully saturated rings. The van der Waals surface area contributed by atoms with Crippen LogP contribution in [-0.4, -0.2) is 46.8 Å². The quantitative estimate of drug-likeness (QED) is 0.0209. The first-order chi connectivity index (χ1) is 24.5.